The van der Waals surface area contributed by atoms with Crippen LogP contribution in [-0.2, 0) is 28.6 Å². The van der Waals surface area contributed by atoms with Crippen molar-refractivity contribution in [2.24, 2.45) is 17.8 Å². The van der Waals surface area contributed by atoms with Gasteiger partial charge in [0.25, 0.3) is 5.91 Å². The molecule has 0 radical (unpaired) electrons. The Balaban J connectivity index is 2.23. The second-order valence-electron chi connectivity index (χ2n) is 13.7. The Morgan fingerprint density at radius 3 is 2.39 bits per heavy atom. The summed E-state index contributed by atoms with van der Waals surface area (Å²) in [5.41, 5.74) is -1.77. The van der Waals surface area contributed by atoms with Crippen LogP contribution >= 0.6 is 0 Å². The number of methoxy groups -OCH3 is 1. The molecule has 0 aliphatic carbocycles. The number of amides is 1. The number of β-amino-alcohol motifs (C(OH)–C–C–N with tert-alkyl or cyclic N) is 1. The van der Waals surface area contributed by atoms with E-state index in [1.54, 1.807) is 13.0 Å². The number of carbonyl (C=O) groups is 3. The molecule has 0 aromatic carbocycles. The number of cyclic esters (lactones) is 1. The van der Waals surface area contributed by atoms with Gasteiger partial charge in [-0.3, -0.25) is 14.4 Å². The lowest BCUT2D eigenvalue weighted by molar-refractivity contribution is -0.333. The number of hydrogen-bond donors (Lipinski definition) is 5. The van der Waals surface area contributed by atoms with Crippen LogP contribution in [0.15, 0.2) is 12.2 Å². The van der Waals surface area contributed by atoms with E-state index >= 15 is 0 Å². The van der Waals surface area contributed by atoms with Gasteiger partial charge in [0.05, 0.1) is 30.8 Å². The molecule has 11 nitrogen and oxygen atoms in total. The molecule has 0 spiro atoms. The minimum atomic E-state index is -2.16. The number of hydrogen-bond acceptors (Lipinski definition) is 10. The first kappa shape index (κ1) is 40.3. The zero-order valence-corrected chi connectivity index (χ0v) is 28.7. The Bertz CT molecular complexity index is 975. The molecule has 11 heteroatoms. The van der Waals surface area contributed by atoms with Crippen molar-refractivity contribution < 1.29 is 49.0 Å². The maximum absolute atomic E-state index is 12.9. The van der Waals surface area contributed by atoms with Crippen LogP contribution in [0.2, 0.25) is 0 Å². The van der Waals surface area contributed by atoms with E-state index in [1.165, 1.54) is 13.2 Å². The van der Waals surface area contributed by atoms with Gasteiger partial charge in [-0.2, -0.15) is 0 Å². The van der Waals surface area contributed by atoms with Gasteiger partial charge in [0.15, 0.2) is 6.10 Å². The Morgan fingerprint density at radius 2 is 1.72 bits per heavy atom. The number of nitrogens with one attached hydrogen (secondary N) is 1. The molecular formula is C35H61NO10. The molecule has 2 bridgehead atoms. The number of carbonyl (C=O) groups excluding carboxylic acids is 3. The lowest BCUT2D eigenvalue weighted by atomic mass is 9.81. The van der Waals surface area contributed by atoms with E-state index in [4.69, 9.17) is 14.2 Å². The van der Waals surface area contributed by atoms with Crippen molar-refractivity contribution in [2.45, 2.75) is 153 Å². The van der Waals surface area contributed by atoms with E-state index < -0.39 is 47.7 Å². The van der Waals surface area contributed by atoms with Crippen LogP contribution in [-0.4, -0.2) is 94.2 Å². The van der Waals surface area contributed by atoms with Crippen LogP contribution in [0.4, 0.5) is 0 Å². The van der Waals surface area contributed by atoms with E-state index in [2.05, 4.69) is 12.2 Å². The topological polar surface area (TPSA) is 172 Å². The monoisotopic (exact) mass is 655 g/mol. The largest absolute Gasteiger partial charge is 0.452 e. The molecule has 0 aromatic heterocycles. The summed E-state index contributed by atoms with van der Waals surface area (Å²) >= 11 is 0. The van der Waals surface area contributed by atoms with Gasteiger partial charge in [-0.25, -0.2) is 0 Å². The Hall–Kier alpha value is -1.89. The number of fused-ring (bicyclic) bond motifs is 2. The normalized spacial score (nSPS) is 38.0. The van der Waals surface area contributed by atoms with Crippen molar-refractivity contribution in [1.29, 1.82) is 0 Å². The van der Waals surface area contributed by atoms with Gasteiger partial charge >= 0.3 is 5.97 Å². The lowest BCUT2D eigenvalue weighted by Gasteiger charge is -2.48. The summed E-state index contributed by atoms with van der Waals surface area (Å²) < 4.78 is 16.8. The fourth-order valence-electron chi connectivity index (χ4n) is 6.47. The van der Waals surface area contributed by atoms with Crippen molar-refractivity contribution in [3.05, 3.63) is 12.2 Å². The number of esters is 1. The predicted molar refractivity (Wildman–Crippen MR) is 174 cm³/mol. The molecule has 7 unspecified atom stereocenters. The highest BCUT2D eigenvalue weighted by Crippen LogP contribution is 2.39. The quantitative estimate of drug-likeness (QED) is 0.217. The molecule has 1 fully saturated rings. The standard InChI is InChI=1S/C35H61NO10/c1-6-11-31-32(40)36-22-28(38)21-29(39)30-17-18-34(42,23-44-5)35(43,46-30)19-16-26(7-2)13-10-15-27(37)14-9-8-12-24(3)20-25(4)33(41)45-31/h16,19,24-26,28-31,38-39,42-43H,6-15,17-18,20-23H2,1-5H3,(H,36,40)/b19-16+/t24?,25?,26?,28?,29?,30?,31?,34-,35-/m1/s1. The zero-order valence-electron chi connectivity index (χ0n) is 28.7. The minimum Gasteiger partial charge on any atom is -0.452 e. The number of Topliss-reactive ketones (excluding diaryl/α,β-unsaturated/α-hetero) is 1. The fourth-order valence-corrected chi connectivity index (χ4v) is 6.47. The van der Waals surface area contributed by atoms with E-state index in [1.807, 2.05) is 13.8 Å². The predicted octanol–water partition coefficient (Wildman–Crippen LogP) is 3.73. The summed E-state index contributed by atoms with van der Waals surface area (Å²) in [6.45, 7) is 7.41. The van der Waals surface area contributed by atoms with Gasteiger partial charge < -0.3 is 40.0 Å². The third-order valence-electron chi connectivity index (χ3n) is 9.49. The Morgan fingerprint density at radius 1 is 1.00 bits per heavy atom. The van der Waals surface area contributed by atoms with Crippen molar-refractivity contribution in [2.75, 3.05) is 20.3 Å². The zero-order chi connectivity index (χ0) is 34.3. The summed E-state index contributed by atoms with van der Waals surface area (Å²) in [6.07, 6.45) is 6.38. The first-order valence-corrected chi connectivity index (χ1v) is 17.4. The average Bonchev–Trinajstić information content (AvgIpc) is 3.00. The number of ketones is 1. The van der Waals surface area contributed by atoms with Crippen LogP contribution in [0.25, 0.3) is 0 Å². The number of ether oxygens (including phenoxy) is 3. The van der Waals surface area contributed by atoms with Crippen molar-refractivity contribution in [1.82, 2.24) is 5.32 Å². The molecular weight excluding hydrogens is 594 g/mol. The van der Waals surface area contributed by atoms with Crippen LogP contribution in [0.5, 0.6) is 0 Å². The molecule has 1 amide bonds. The number of allylic oxidation sites excluding steroid dienone is 1. The molecule has 2 aliphatic rings. The fraction of sp³-hybridized carbons (Fsp3) is 0.857. The summed E-state index contributed by atoms with van der Waals surface area (Å²) in [4.78, 5) is 38.4. The molecule has 0 aromatic rings. The van der Waals surface area contributed by atoms with Gasteiger partial charge in [-0.1, -0.05) is 53.0 Å². The van der Waals surface area contributed by atoms with Crippen LogP contribution < -0.4 is 5.32 Å². The highest BCUT2D eigenvalue weighted by atomic mass is 16.7. The molecule has 1 saturated heterocycles. The highest BCUT2D eigenvalue weighted by molar-refractivity contribution is 5.84. The van der Waals surface area contributed by atoms with Gasteiger partial charge in [0, 0.05) is 32.9 Å². The third kappa shape index (κ3) is 12.6. The van der Waals surface area contributed by atoms with E-state index in [9.17, 15) is 34.8 Å². The second-order valence-corrected chi connectivity index (χ2v) is 13.7. The average molecular weight is 656 g/mol. The van der Waals surface area contributed by atoms with Crippen LogP contribution in [0.1, 0.15) is 118 Å². The molecule has 0 saturated carbocycles. The first-order valence-electron chi connectivity index (χ1n) is 17.4. The molecule has 2 heterocycles. The first-order chi connectivity index (χ1) is 21.8. The molecule has 9 atom stereocenters. The van der Waals surface area contributed by atoms with Gasteiger partial charge in [-0.05, 0) is 69.3 Å². The SMILES string of the molecule is CCCC1OC(=O)C(C)CC(C)CCCCC(=O)CCCC(CC)/C=C/[C@@]2(O)OC(CC[C@@]2(O)COC)C(O)CC(O)CNC1=O. The van der Waals surface area contributed by atoms with Crippen LogP contribution in [0.3, 0.4) is 0 Å². The molecule has 5 N–H and O–H groups in total. The van der Waals surface area contributed by atoms with Crippen molar-refractivity contribution in [3.63, 3.8) is 0 Å². The van der Waals surface area contributed by atoms with E-state index in [0.29, 0.717) is 38.5 Å². The van der Waals surface area contributed by atoms with E-state index in [0.717, 1.165) is 32.1 Å². The molecule has 2 rings (SSSR count). The summed E-state index contributed by atoms with van der Waals surface area (Å²) in [6, 6.07) is 0. The van der Waals surface area contributed by atoms with Gasteiger partial charge in [-0.15, -0.1) is 0 Å². The Labute approximate surface area is 275 Å². The second kappa shape index (κ2) is 19.8. The highest BCUT2D eigenvalue weighted by Gasteiger charge is 2.54. The molecule has 2 aliphatic heterocycles. The summed E-state index contributed by atoms with van der Waals surface area (Å²) in [5.74, 6) is -3.00. The third-order valence-corrected chi connectivity index (χ3v) is 9.49. The van der Waals surface area contributed by atoms with Crippen molar-refractivity contribution >= 4 is 17.7 Å². The number of aliphatic hydroxyl groups excluding tert-OH is 2. The van der Waals surface area contributed by atoms with Gasteiger partial charge in [0.2, 0.25) is 5.79 Å². The molecule has 46 heavy (non-hydrogen) atoms. The van der Waals surface area contributed by atoms with Crippen molar-refractivity contribution in [3.8, 4) is 0 Å². The number of rotatable bonds is 5. The van der Waals surface area contributed by atoms with Gasteiger partial charge in [0.1, 0.15) is 11.4 Å². The summed E-state index contributed by atoms with van der Waals surface area (Å²) in [7, 11) is 1.42. The smallest absolute Gasteiger partial charge is 0.309 e. The maximum atomic E-state index is 12.9. The minimum absolute atomic E-state index is 0.0348. The Kier molecular flexibility index (Phi) is 17.4. The lowest BCUT2D eigenvalue weighted by Crippen LogP contribution is -2.63. The van der Waals surface area contributed by atoms with E-state index in [-0.39, 0.29) is 56.0 Å². The maximum Gasteiger partial charge on any atom is 0.309 e. The van der Waals surface area contributed by atoms with Crippen LogP contribution in [0, 0.1) is 17.8 Å². The summed E-state index contributed by atoms with van der Waals surface area (Å²) in [5, 5.41) is 47.3. The molecule has 266 valence electrons. The number of aliphatic hydroxyl groups is 4.